The van der Waals surface area contributed by atoms with Gasteiger partial charge in [-0.2, -0.15) is 0 Å². The Morgan fingerprint density at radius 1 is 1.00 bits per heavy atom. The van der Waals surface area contributed by atoms with Gasteiger partial charge in [-0.05, 0) is 67.0 Å². The van der Waals surface area contributed by atoms with Gasteiger partial charge in [-0.25, -0.2) is 0 Å². The molecule has 0 aromatic rings. The summed E-state index contributed by atoms with van der Waals surface area (Å²) in [6.45, 7) is 17.1. The molecule has 2 rings (SSSR count). The minimum Gasteiger partial charge on any atom is -0.357 e. The van der Waals surface area contributed by atoms with Gasteiger partial charge in [0.25, 0.3) is 0 Å². The minimum atomic E-state index is -0.00674. The Balaban J connectivity index is 1.77. The smallest absolute Gasteiger partial charge is 0.239 e. The molecule has 1 N–H and O–H groups in total. The molecule has 0 radical (unpaired) electrons. The van der Waals surface area contributed by atoms with E-state index in [1.165, 1.54) is 6.42 Å². The molecule has 0 aliphatic carbocycles. The number of likely N-dealkylation sites (tertiary alicyclic amines) is 1. The molecule has 7 heteroatoms. The summed E-state index contributed by atoms with van der Waals surface area (Å²) in [6, 6.07) is 0.597. The van der Waals surface area contributed by atoms with Crippen LogP contribution in [-0.2, 0) is 4.79 Å². The molecule has 168 valence electrons. The fraction of sp³-hybridized carbons (Fsp3) is 0.909. The molecule has 0 saturated carbocycles. The third-order valence-electron chi connectivity index (χ3n) is 6.33. The van der Waals surface area contributed by atoms with Gasteiger partial charge in [-0.15, -0.1) is 0 Å². The van der Waals surface area contributed by atoms with Crippen LogP contribution in [0.3, 0.4) is 0 Å². The van der Waals surface area contributed by atoms with Crippen LogP contribution in [0.2, 0.25) is 0 Å². The van der Waals surface area contributed by atoms with E-state index in [1.54, 1.807) is 0 Å². The first kappa shape index (κ1) is 23.9. The molecule has 2 heterocycles. The molecule has 0 aromatic heterocycles. The highest BCUT2D eigenvalue weighted by molar-refractivity contribution is 5.82. The highest BCUT2D eigenvalue weighted by Gasteiger charge is 2.30. The monoisotopic (exact) mass is 408 g/mol. The van der Waals surface area contributed by atoms with E-state index in [2.05, 4.69) is 54.8 Å². The summed E-state index contributed by atoms with van der Waals surface area (Å²) >= 11 is 0. The van der Waals surface area contributed by atoms with Crippen molar-refractivity contribution >= 4 is 11.9 Å². The van der Waals surface area contributed by atoms with E-state index >= 15 is 0 Å². The summed E-state index contributed by atoms with van der Waals surface area (Å²) in [6.07, 6.45) is 4.61. The third kappa shape index (κ3) is 7.45. The second-order valence-electron chi connectivity index (χ2n) is 8.75. The van der Waals surface area contributed by atoms with Gasteiger partial charge in [-0.1, -0.05) is 0 Å². The summed E-state index contributed by atoms with van der Waals surface area (Å²) in [5, 5.41) is 3.45. The van der Waals surface area contributed by atoms with Crippen molar-refractivity contribution in [2.45, 2.75) is 65.5 Å². The van der Waals surface area contributed by atoms with Crippen molar-refractivity contribution in [2.75, 3.05) is 66.0 Å². The lowest BCUT2D eigenvalue weighted by molar-refractivity contribution is -0.135. The van der Waals surface area contributed by atoms with Crippen LogP contribution in [-0.4, -0.2) is 110 Å². The Bertz CT molecular complexity index is 509. The van der Waals surface area contributed by atoms with Crippen molar-refractivity contribution in [3.05, 3.63) is 0 Å². The number of carbonyl (C=O) groups excluding carboxylic acids is 1. The number of carbonyl (C=O) groups is 1. The number of nitrogens with zero attached hydrogens (tertiary/aromatic N) is 5. The Hall–Kier alpha value is -1.34. The molecular formula is C22H44N6O. The predicted molar refractivity (Wildman–Crippen MR) is 121 cm³/mol. The van der Waals surface area contributed by atoms with Crippen molar-refractivity contribution in [3.8, 4) is 0 Å². The van der Waals surface area contributed by atoms with E-state index in [9.17, 15) is 4.79 Å². The standard InChI is InChI=1S/C22H44N6O/c1-6-23-22(24-11-7-8-12-25(5)19(2)3)28-17-15-26(16-18-28)20(4)21(29)27-13-9-10-14-27/h19-20H,6-18H2,1-5H3,(H,23,24). The minimum absolute atomic E-state index is 0.00674. The molecule has 0 aromatic carbocycles. The lowest BCUT2D eigenvalue weighted by atomic mass is 10.2. The Labute approximate surface area is 178 Å². The van der Waals surface area contributed by atoms with Gasteiger partial charge in [0.1, 0.15) is 0 Å². The lowest BCUT2D eigenvalue weighted by Gasteiger charge is -2.39. The van der Waals surface area contributed by atoms with Crippen molar-refractivity contribution in [1.29, 1.82) is 0 Å². The summed E-state index contributed by atoms with van der Waals surface area (Å²) in [4.78, 5) is 26.7. The van der Waals surface area contributed by atoms with Crippen molar-refractivity contribution in [3.63, 3.8) is 0 Å². The van der Waals surface area contributed by atoms with E-state index in [0.717, 1.165) is 84.1 Å². The topological polar surface area (TPSA) is 54.4 Å². The van der Waals surface area contributed by atoms with Crippen LogP contribution in [0, 0.1) is 0 Å². The first-order valence-corrected chi connectivity index (χ1v) is 11.7. The Morgan fingerprint density at radius 2 is 1.66 bits per heavy atom. The van der Waals surface area contributed by atoms with Gasteiger partial charge in [0.15, 0.2) is 5.96 Å². The summed E-state index contributed by atoms with van der Waals surface area (Å²) in [5.74, 6) is 1.34. The van der Waals surface area contributed by atoms with Gasteiger partial charge in [0.2, 0.25) is 5.91 Å². The number of amides is 1. The van der Waals surface area contributed by atoms with E-state index in [4.69, 9.17) is 4.99 Å². The molecule has 7 nitrogen and oxygen atoms in total. The predicted octanol–water partition coefficient (Wildman–Crippen LogP) is 1.70. The average Bonchev–Trinajstić information content (AvgIpc) is 3.26. The van der Waals surface area contributed by atoms with Crippen LogP contribution in [0.15, 0.2) is 4.99 Å². The van der Waals surface area contributed by atoms with Crippen molar-refractivity contribution in [2.24, 2.45) is 4.99 Å². The first-order chi connectivity index (χ1) is 13.9. The van der Waals surface area contributed by atoms with E-state index in [1.807, 2.05) is 4.90 Å². The second kappa shape index (κ2) is 12.4. The van der Waals surface area contributed by atoms with Gasteiger partial charge in [0.05, 0.1) is 6.04 Å². The van der Waals surface area contributed by atoms with Crippen LogP contribution in [0.5, 0.6) is 0 Å². The molecule has 2 aliphatic heterocycles. The number of piperazine rings is 1. The molecule has 1 unspecified atom stereocenters. The van der Waals surface area contributed by atoms with Crippen LogP contribution < -0.4 is 5.32 Å². The van der Waals surface area contributed by atoms with Crippen LogP contribution in [0.4, 0.5) is 0 Å². The quantitative estimate of drug-likeness (QED) is 0.358. The fourth-order valence-electron chi connectivity index (χ4n) is 4.02. The lowest BCUT2D eigenvalue weighted by Crippen LogP contribution is -2.57. The van der Waals surface area contributed by atoms with Gasteiger partial charge < -0.3 is 20.0 Å². The zero-order valence-corrected chi connectivity index (χ0v) is 19.5. The van der Waals surface area contributed by atoms with Crippen molar-refractivity contribution < 1.29 is 4.79 Å². The molecule has 1 amide bonds. The Morgan fingerprint density at radius 3 is 2.24 bits per heavy atom. The fourth-order valence-corrected chi connectivity index (χ4v) is 4.02. The molecule has 0 bridgehead atoms. The summed E-state index contributed by atoms with van der Waals surface area (Å²) in [5.41, 5.74) is 0. The highest BCUT2D eigenvalue weighted by atomic mass is 16.2. The van der Waals surface area contributed by atoms with Crippen LogP contribution in [0.25, 0.3) is 0 Å². The highest BCUT2D eigenvalue weighted by Crippen LogP contribution is 2.14. The normalized spacial score (nSPS) is 20.0. The number of nitrogens with one attached hydrogen (secondary N) is 1. The molecule has 0 spiro atoms. The molecule has 2 fully saturated rings. The van der Waals surface area contributed by atoms with Gasteiger partial charge >= 0.3 is 0 Å². The number of unbranched alkanes of at least 4 members (excludes halogenated alkanes) is 1. The van der Waals surface area contributed by atoms with E-state index in [-0.39, 0.29) is 6.04 Å². The SMILES string of the molecule is CCNC(=NCCCCN(C)C(C)C)N1CCN(C(C)C(=O)N2CCCC2)CC1. The summed E-state index contributed by atoms with van der Waals surface area (Å²) in [7, 11) is 2.19. The largest absolute Gasteiger partial charge is 0.357 e. The number of hydrogen-bond donors (Lipinski definition) is 1. The first-order valence-electron chi connectivity index (χ1n) is 11.7. The zero-order valence-electron chi connectivity index (χ0n) is 19.5. The number of guanidine groups is 1. The van der Waals surface area contributed by atoms with Gasteiger partial charge in [0, 0.05) is 58.4 Å². The maximum absolute atomic E-state index is 12.7. The maximum atomic E-state index is 12.7. The number of hydrogen-bond acceptors (Lipinski definition) is 4. The Kier molecular flexibility index (Phi) is 10.2. The third-order valence-corrected chi connectivity index (χ3v) is 6.33. The van der Waals surface area contributed by atoms with E-state index in [0.29, 0.717) is 11.9 Å². The maximum Gasteiger partial charge on any atom is 0.239 e. The zero-order chi connectivity index (χ0) is 21.2. The van der Waals surface area contributed by atoms with Crippen molar-refractivity contribution in [1.82, 2.24) is 24.9 Å². The van der Waals surface area contributed by atoms with Gasteiger partial charge in [-0.3, -0.25) is 14.7 Å². The molecule has 1 atom stereocenters. The molecule has 2 aliphatic rings. The molecule has 2 saturated heterocycles. The van der Waals surface area contributed by atoms with Crippen LogP contribution in [0.1, 0.15) is 53.4 Å². The number of rotatable bonds is 9. The molecular weight excluding hydrogens is 364 g/mol. The molecule has 29 heavy (non-hydrogen) atoms. The second-order valence-corrected chi connectivity index (χ2v) is 8.75. The van der Waals surface area contributed by atoms with E-state index < -0.39 is 0 Å². The average molecular weight is 409 g/mol. The van der Waals surface area contributed by atoms with Crippen LogP contribution >= 0.6 is 0 Å². The summed E-state index contributed by atoms with van der Waals surface area (Å²) < 4.78 is 0. The number of aliphatic imine (C=N–C) groups is 1.